The van der Waals surface area contributed by atoms with Gasteiger partial charge in [0.2, 0.25) is 0 Å². The van der Waals surface area contributed by atoms with Gasteiger partial charge in [-0.3, -0.25) is 0 Å². The maximum absolute atomic E-state index is 14.1. The molecule has 1 aliphatic heterocycles. The van der Waals surface area contributed by atoms with Crippen molar-refractivity contribution in [2.24, 2.45) is 5.92 Å². The van der Waals surface area contributed by atoms with Crippen LogP contribution in [0.3, 0.4) is 0 Å². The molecule has 19 heavy (non-hydrogen) atoms. The highest BCUT2D eigenvalue weighted by Gasteiger charge is 2.16. The van der Waals surface area contributed by atoms with Crippen LogP contribution in [0.4, 0.5) is 15.8 Å². The number of hydrogen-bond donors (Lipinski definition) is 1. The van der Waals surface area contributed by atoms with Crippen LogP contribution in [0.25, 0.3) is 0 Å². The molecule has 2 rings (SSSR count). The largest absolute Gasteiger partial charge is 0.385 e. The third kappa shape index (κ3) is 3.60. The average Bonchev–Trinajstić information content (AvgIpc) is 2.88. The van der Waals surface area contributed by atoms with Crippen molar-refractivity contribution in [2.45, 2.75) is 26.3 Å². The van der Waals surface area contributed by atoms with Crippen molar-refractivity contribution in [3.05, 3.63) is 24.0 Å². The van der Waals surface area contributed by atoms with Crippen LogP contribution in [0.5, 0.6) is 0 Å². The number of ether oxygens (including phenoxy) is 1. The molecule has 1 saturated heterocycles. The lowest BCUT2D eigenvalue weighted by atomic mass is 10.1. The van der Waals surface area contributed by atoms with Gasteiger partial charge in [-0.05, 0) is 38.5 Å². The third-order valence-corrected chi connectivity index (χ3v) is 3.72. The second-order valence-corrected chi connectivity index (χ2v) is 5.48. The van der Waals surface area contributed by atoms with Crippen molar-refractivity contribution in [3.63, 3.8) is 0 Å². The minimum absolute atomic E-state index is 0.177. The second-order valence-electron chi connectivity index (χ2n) is 5.48. The average molecular weight is 266 g/mol. The van der Waals surface area contributed by atoms with Gasteiger partial charge in [-0.2, -0.15) is 0 Å². The number of hydrogen-bond acceptors (Lipinski definition) is 3. The number of benzene rings is 1. The molecule has 0 spiro atoms. The van der Waals surface area contributed by atoms with E-state index in [9.17, 15) is 4.39 Å². The van der Waals surface area contributed by atoms with E-state index in [1.807, 2.05) is 37.9 Å². The van der Waals surface area contributed by atoms with E-state index in [0.29, 0.717) is 11.6 Å². The summed E-state index contributed by atoms with van der Waals surface area (Å²) in [5.41, 5.74) is 1.48. The zero-order valence-electron chi connectivity index (χ0n) is 11.9. The zero-order valence-corrected chi connectivity index (χ0v) is 11.9. The SMILES string of the molecule is CC(C)N(C)c1ccc(NCC2CCOC2)cc1F. The predicted molar refractivity (Wildman–Crippen MR) is 77.4 cm³/mol. The van der Waals surface area contributed by atoms with Gasteiger partial charge in [-0.25, -0.2) is 4.39 Å². The topological polar surface area (TPSA) is 24.5 Å². The molecule has 0 saturated carbocycles. The van der Waals surface area contributed by atoms with Crippen LogP contribution in [-0.2, 0) is 4.74 Å². The molecule has 0 amide bonds. The third-order valence-electron chi connectivity index (χ3n) is 3.72. The molecule has 1 aromatic rings. The standard InChI is InChI=1S/C15H23FN2O/c1-11(2)18(3)15-5-4-13(8-14(15)16)17-9-12-6-7-19-10-12/h4-5,8,11-12,17H,6-7,9-10H2,1-3H3. The van der Waals surface area contributed by atoms with Crippen LogP contribution in [0.2, 0.25) is 0 Å². The van der Waals surface area contributed by atoms with E-state index in [0.717, 1.165) is 31.9 Å². The van der Waals surface area contributed by atoms with Gasteiger partial charge in [-0.15, -0.1) is 0 Å². The molecule has 0 aromatic heterocycles. The smallest absolute Gasteiger partial charge is 0.148 e. The number of nitrogens with zero attached hydrogens (tertiary/aromatic N) is 1. The van der Waals surface area contributed by atoms with Gasteiger partial charge in [0.15, 0.2) is 0 Å². The summed E-state index contributed by atoms with van der Waals surface area (Å²) < 4.78 is 19.4. The molecule has 1 aliphatic rings. The Morgan fingerprint density at radius 2 is 2.26 bits per heavy atom. The van der Waals surface area contributed by atoms with Gasteiger partial charge >= 0.3 is 0 Å². The van der Waals surface area contributed by atoms with Crippen molar-refractivity contribution in [1.29, 1.82) is 0 Å². The van der Waals surface area contributed by atoms with Crippen molar-refractivity contribution in [2.75, 3.05) is 37.0 Å². The maximum Gasteiger partial charge on any atom is 0.148 e. The molecule has 0 radical (unpaired) electrons. The maximum atomic E-state index is 14.1. The molecular weight excluding hydrogens is 243 g/mol. The van der Waals surface area contributed by atoms with E-state index in [2.05, 4.69) is 5.32 Å². The first-order valence-electron chi connectivity index (χ1n) is 6.92. The van der Waals surface area contributed by atoms with Gasteiger partial charge in [0.25, 0.3) is 0 Å². The summed E-state index contributed by atoms with van der Waals surface area (Å²) in [4.78, 5) is 1.93. The van der Waals surface area contributed by atoms with Gasteiger partial charge in [0.05, 0.1) is 12.3 Å². The first kappa shape index (κ1) is 14.1. The molecule has 4 heteroatoms. The first-order valence-corrected chi connectivity index (χ1v) is 6.92. The summed E-state index contributed by atoms with van der Waals surface area (Å²) in [6.07, 6.45) is 1.09. The first-order chi connectivity index (χ1) is 9.08. The lowest BCUT2D eigenvalue weighted by molar-refractivity contribution is 0.187. The molecule has 1 unspecified atom stereocenters. The molecule has 106 valence electrons. The van der Waals surface area contributed by atoms with E-state index in [1.165, 1.54) is 0 Å². The van der Waals surface area contributed by atoms with Crippen molar-refractivity contribution >= 4 is 11.4 Å². The van der Waals surface area contributed by atoms with E-state index in [-0.39, 0.29) is 11.9 Å². The van der Waals surface area contributed by atoms with Crippen LogP contribution in [-0.4, -0.2) is 32.8 Å². The molecule has 3 nitrogen and oxygen atoms in total. The fourth-order valence-electron chi connectivity index (χ4n) is 2.19. The quantitative estimate of drug-likeness (QED) is 0.886. The summed E-state index contributed by atoms with van der Waals surface area (Å²) in [5, 5.41) is 3.28. The highest BCUT2D eigenvalue weighted by molar-refractivity contribution is 5.56. The Morgan fingerprint density at radius 1 is 1.47 bits per heavy atom. The highest BCUT2D eigenvalue weighted by atomic mass is 19.1. The van der Waals surface area contributed by atoms with Crippen molar-refractivity contribution in [3.8, 4) is 0 Å². The van der Waals surface area contributed by atoms with E-state index in [1.54, 1.807) is 6.07 Å². The summed E-state index contributed by atoms with van der Waals surface area (Å²) >= 11 is 0. The Morgan fingerprint density at radius 3 is 2.84 bits per heavy atom. The van der Waals surface area contributed by atoms with E-state index in [4.69, 9.17) is 4.74 Å². The fourth-order valence-corrected chi connectivity index (χ4v) is 2.19. The monoisotopic (exact) mass is 266 g/mol. The molecular formula is C15H23FN2O. The van der Waals surface area contributed by atoms with Crippen molar-refractivity contribution < 1.29 is 9.13 Å². The van der Waals surface area contributed by atoms with E-state index >= 15 is 0 Å². The Kier molecular flexibility index (Phi) is 4.64. The number of nitrogens with one attached hydrogen (secondary N) is 1. The molecule has 1 aromatic carbocycles. The summed E-state index contributed by atoms with van der Waals surface area (Å²) in [7, 11) is 1.91. The molecule has 1 N–H and O–H groups in total. The highest BCUT2D eigenvalue weighted by Crippen LogP contribution is 2.24. The molecule has 1 atom stereocenters. The number of halogens is 1. The van der Waals surface area contributed by atoms with Crippen LogP contribution < -0.4 is 10.2 Å². The zero-order chi connectivity index (χ0) is 13.8. The number of rotatable bonds is 5. The van der Waals surface area contributed by atoms with Crippen LogP contribution >= 0.6 is 0 Å². The molecule has 0 bridgehead atoms. The molecule has 1 heterocycles. The van der Waals surface area contributed by atoms with Gasteiger partial charge < -0.3 is 15.0 Å². The van der Waals surface area contributed by atoms with Crippen LogP contribution in [0.1, 0.15) is 20.3 Å². The lowest BCUT2D eigenvalue weighted by Gasteiger charge is -2.24. The van der Waals surface area contributed by atoms with E-state index < -0.39 is 0 Å². The second kappa shape index (κ2) is 6.24. The molecule has 1 fully saturated rings. The number of anilines is 2. The predicted octanol–water partition coefficient (Wildman–Crippen LogP) is 3.12. The normalized spacial score (nSPS) is 18.9. The Balaban J connectivity index is 1.97. The van der Waals surface area contributed by atoms with Gasteiger partial charge in [0, 0.05) is 37.8 Å². The fraction of sp³-hybridized carbons (Fsp3) is 0.600. The van der Waals surface area contributed by atoms with Crippen LogP contribution in [0, 0.1) is 11.7 Å². The van der Waals surface area contributed by atoms with Gasteiger partial charge in [0.1, 0.15) is 5.82 Å². The van der Waals surface area contributed by atoms with Crippen LogP contribution in [0.15, 0.2) is 18.2 Å². The Hall–Kier alpha value is -1.29. The summed E-state index contributed by atoms with van der Waals surface area (Å²) in [5.74, 6) is 0.366. The summed E-state index contributed by atoms with van der Waals surface area (Å²) in [6, 6.07) is 5.63. The lowest BCUT2D eigenvalue weighted by Crippen LogP contribution is -2.26. The van der Waals surface area contributed by atoms with Crippen molar-refractivity contribution in [1.82, 2.24) is 0 Å². The Labute approximate surface area is 114 Å². The minimum Gasteiger partial charge on any atom is -0.385 e. The molecule has 0 aliphatic carbocycles. The minimum atomic E-state index is -0.177. The Bertz CT molecular complexity index is 417. The summed E-state index contributed by atoms with van der Waals surface area (Å²) in [6.45, 7) is 6.60. The van der Waals surface area contributed by atoms with Gasteiger partial charge in [-0.1, -0.05) is 0 Å².